The molecule has 1 heterocycles. The Morgan fingerprint density at radius 1 is 0.774 bits per heavy atom. The molecule has 1 aliphatic rings. The van der Waals surface area contributed by atoms with E-state index in [9.17, 15) is 0 Å². The Morgan fingerprint density at radius 2 is 1.45 bits per heavy atom. The number of benzene rings is 3. The number of hydrogen-bond acceptors (Lipinski definition) is 1. The van der Waals surface area contributed by atoms with Crippen molar-refractivity contribution in [3.8, 4) is 5.75 Å². The predicted molar refractivity (Wildman–Crippen MR) is 131 cm³/mol. The zero-order valence-electron chi connectivity index (χ0n) is 18.9. The molecule has 0 N–H and O–H groups in total. The SMILES string of the molecule is Cc1ccc(COc2cccc(/C=C/c3ccc(C[N+]4(C)CCCCC4)cc3)c2)cc1. The zero-order valence-corrected chi connectivity index (χ0v) is 18.9. The summed E-state index contributed by atoms with van der Waals surface area (Å²) in [6.07, 6.45) is 8.47. The Bertz CT molecular complexity index is 996. The number of quaternary nitrogens is 1. The molecule has 0 unspecified atom stereocenters. The molecule has 1 aliphatic heterocycles. The van der Waals surface area contributed by atoms with Crippen molar-refractivity contribution in [2.24, 2.45) is 0 Å². The van der Waals surface area contributed by atoms with Crippen molar-refractivity contribution >= 4 is 12.2 Å². The van der Waals surface area contributed by atoms with Gasteiger partial charge >= 0.3 is 0 Å². The monoisotopic (exact) mass is 412 g/mol. The highest BCUT2D eigenvalue weighted by atomic mass is 16.5. The minimum atomic E-state index is 0.590. The van der Waals surface area contributed by atoms with E-state index in [0.29, 0.717) is 6.61 Å². The molecular formula is C29H34NO+. The first-order valence-corrected chi connectivity index (χ1v) is 11.5. The van der Waals surface area contributed by atoms with Gasteiger partial charge in [-0.3, -0.25) is 0 Å². The van der Waals surface area contributed by atoms with E-state index in [-0.39, 0.29) is 0 Å². The van der Waals surface area contributed by atoms with E-state index < -0.39 is 0 Å². The fourth-order valence-corrected chi connectivity index (χ4v) is 4.36. The number of nitrogens with zero attached hydrogens (tertiary/aromatic N) is 1. The minimum absolute atomic E-state index is 0.590. The van der Waals surface area contributed by atoms with E-state index in [1.807, 2.05) is 6.07 Å². The van der Waals surface area contributed by atoms with Gasteiger partial charge in [-0.15, -0.1) is 0 Å². The smallest absolute Gasteiger partial charge is 0.120 e. The quantitative estimate of drug-likeness (QED) is 0.304. The fraction of sp³-hybridized carbons (Fsp3) is 0.310. The van der Waals surface area contributed by atoms with Crippen molar-refractivity contribution in [3.05, 3.63) is 101 Å². The summed E-state index contributed by atoms with van der Waals surface area (Å²) in [7, 11) is 2.40. The zero-order chi connectivity index (χ0) is 21.5. The number of rotatable bonds is 7. The molecule has 1 saturated heterocycles. The lowest BCUT2D eigenvalue weighted by molar-refractivity contribution is -0.926. The lowest BCUT2D eigenvalue weighted by Gasteiger charge is -2.37. The van der Waals surface area contributed by atoms with Gasteiger partial charge in [-0.05, 0) is 55.0 Å². The summed E-state index contributed by atoms with van der Waals surface area (Å²) in [5, 5.41) is 0. The summed E-state index contributed by atoms with van der Waals surface area (Å²) in [4.78, 5) is 0. The number of ether oxygens (including phenoxy) is 1. The Kier molecular flexibility index (Phi) is 6.89. The maximum Gasteiger partial charge on any atom is 0.120 e. The molecule has 3 aromatic carbocycles. The third-order valence-electron chi connectivity index (χ3n) is 6.29. The Balaban J connectivity index is 1.34. The van der Waals surface area contributed by atoms with Gasteiger partial charge in [-0.1, -0.05) is 78.4 Å². The number of piperidine rings is 1. The molecule has 4 rings (SSSR count). The average Bonchev–Trinajstić information content (AvgIpc) is 2.79. The molecular weight excluding hydrogens is 378 g/mol. The molecule has 0 spiro atoms. The number of likely N-dealkylation sites (tertiary alicyclic amines) is 1. The van der Waals surface area contributed by atoms with Crippen LogP contribution in [0.15, 0.2) is 72.8 Å². The molecule has 0 aromatic heterocycles. The van der Waals surface area contributed by atoms with Crippen LogP contribution in [0.3, 0.4) is 0 Å². The van der Waals surface area contributed by atoms with Crippen molar-refractivity contribution in [1.29, 1.82) is 0 Å². The van der Waals surface area contributed by atoms with Crippen LogP contribution in [0.4, 0.5) is 0 Å². The summed E-state index contributed by atoms with van der Waals surface area (Å²) in [6, 6.07) is 25.8. The first kappa shape index (κ1) is 21.4. The van der Waals surface area contributed by atoms with E-state index in [2.05, 4.69) is 92.9 Å². The van der Waals surface area contributed by atoms with Crippen molar-refractivity contribution < 1.29 is 9.22 Å². The molecule has 160 valence electrons. The van der Waals surface area contributed by atoms with Crippen LogP contribution < -0.4 is 4.74 Å². The van der Waals surface area contributed by atoms with Crippen molar-refractivity contribution in [2.45, 2.75) is 39.3 Å². The molecule has 0 radical (unpaired) electrons. The van der Waals surface area contributed by atoms with E-state index in [1.54, 1.807) is 0 Å². The molecule has 2 heteroatoms. The number of hydrogen-bond donors (Lipinski definition) is 0. The molecule has 3 aromatic rings. The Morgan fingerprint density at radius 3 is 2.19 bits per heavy atom. The maximum atomic E-state index is 5.99. The van der Waals surface area contributed by atoms with Crippen molar-refractivity contribution in [3.63, 3.8) is 0 Å². The summed E-state index contributed by atoms with van der Waals surface area (Å²) in [5.41, 5.74) is 6.28. The first-order chi connectivity index (χ1) is 15.1. The minimum Gasteiger partial charge on any atom is -0.489 e. The number of aryl methyl sites for hydroxylation is 1. The van der Waals surface area contributed by atoms with E-state index >= 15 is 0 Å². The second-order valence-electron chi connectivity index (χ2n) is 9.21. The molecule has 31 heavy (non-hydrogen) atoms. The van der Waals surface area contributed by atoms with Crippen molar-refractivity contribution in [2.75, 3.05) is 20.1 Å². The third-order valence-corrected chi connectivity index (χ3v) is 6.29. The van der Waals surface area contributed by atoms with Crippen LogP contribution in [-0.2, 0) is 13.2 Å². The summed E-state index contributed by atoms with van der Waals surface area (Å²) in [5.74, 6) is 0.900. The van der Waals surface area contributed by atoms with Crippen LogP contribution in [0.2, 0.25) is 0 Å². The second kappa shape index (κ2) is 9.98. The lowest BCUT2D eigenvalue weighted by Crippen LogP contribution is -2.46. The molecule has 0 bridgehead atoms. The van der Waals surface area contributed by atoms with Crippen LogP contribution in [0.25, 0.3) is 12.2 Å². The highest BCUT2D eigenvalue weighted by Crippen LogP contribution is 2.21. The molecule has 1 fully saturated rings. The van der Waals surface area contributed by atoms with Gasteiger partial charge in [0.2, 0.25) is 0 Å². The summed E-state index contributed by atoms with van der Waals surface area (Å²) in [6.45, 7) is 6.45. The van der Waals surface area contributed by atoms with E-state index in [4.69, 9.17) is 4.74 Å². The highest BCUT2D eigenvalue weighted by Gasteiger charge is 2.24. The van der Waals surface area contributed by atoms with Gasteiger partial charge in [0.05, 0.1) is 20.1 Å². The van der Waals surface area contributed by atoms with Crippen LogP contribution >= 0.6 is 0 Å². The van der Waals surface area contributed by atoms with Gasteiger partial charge in [0.25, 0.3) is 0 Å². The standard InChI is InChI=1S/C29H34NO/c1-24-9-11-28(12-10-24)23-31-29-8-6-7-26(21-29)16-13-25-14-17-27(18-15-25)22-30(2)19-4-3-5-20-30/h6-18,21H,3-5,19-20,22-23H2,1-2H3/q+1/b16-13+. The topological polar surface area (TPSA) is 9.23 Å². The second-order valence-corrected chi connectivity index (χ2v) is 9.21. The largest absolute Gasteiger partial charge is 0.489 e. The van der Waals surface area contributed by atoms with Crippen molar-refractivity contribution in [1.82, 2.24) is 0 Å². The molecule has 0 atom stereocenters. The average molecular weight is 413 g/mol. The van der Waals surface area contributed by atoms with Gasteiger partial charge in [0.15, 0.2) is 0 Å². The third kappa shape index (κ3) is 6.32. The maximum absolute atomic E-state index is 5.99. The van der Waals surface area contributed by atoms with Crippen LogP contribution in [0.1, 0.15) is 47.1 Å². The van der Waals surface area contributed by atoms with Crippen LogP contribution in [0, 0.1) is 6.92 Å². The molecule has 2 nitrogen and oxygen atoms in total. The molecule has 0 amide bonds. The summed E-state index contributed by atoms with van der Waals surface area (Å²) >= 11 is 0. The van der Waals surface area contributed by atoms with Gasteiger partial charge in [-0.2, -0.15) is 0 Å². The van der Waals surface area contributed by atoms with Gasteiger partial charge in [-0.25, -0.2) is 0 Å². The fourth-order valence-electron chi connectivity index (χ4n) is 4.36. The van der Waals surface area contributed by atoms with Gasteiger partial charge in [0, 0.05) is 5.56 Å². The van der Waals surface area contributed by atoms with Gasteiger partial charge in [0.1, 0.15) is 18.9 Å². The van der Waals surface area contributed by atoms with Crippen LogP contribution in [-0.4, -0.2) is 24.6 Å². The first-order valence-electron chi connectivity index (χ1n) is 11.5. The molecule has 0 saturated carbocycles. The predicted octanol–water partition coefficient (Wildman–Crippen LogP) is 6.87. The lowest BCUT2D eigenvalue weighted by atomic mass is 10.1. The van der Waals surface area contributed by atoms with E-state index in [1.165, 1.54) is 59.1 Å². The highest BCUT2D eigenvalue weighted by molar-refractivity contribution is 5.70. The van der Waals surface area contributed by atoms with Gasteiger partial charge < -0.3 is 9.22 Å². The Hall–Kier alpha value is -2.84. The summed E-state index contributed by atoms with van der Waals surface area (Å²) < 4.78 is 7.17. The Labute approximate surface area is 187 Å². The van der Waals surface area contributed by atoms with Crippen LogP contribution in [0.5, 0.6) is 5.75 Å². The normalized spacial score (nSPS) is 15.8. The molecule has 0 aliphatic carbocycles. The van der Waals surface area contributed by atoms with E-state index in [0.717, 1.165) is 17.9 Å².